The van der Waals surface area contributed by atoms with Gasteiger partial charge in [0.15, 0.2) is 5.76 Å². The Hall–Kier alpha value is -3.61. The molecule has 0 saturated carbocycles. The number of benzene rings is 2. The van der Waals surface area contributed by atoms with Crippen LogP contribution in [0, 0.1) is 17.0 Å². The van der Waals surface area contributed by atoms with Gasteiger partial charge in [-0.1, -0.05) is 24.3 Å². The Balaban J connectivity index is 1.86. The number of hydrogen-bond donors (Lipinski definition) is 2. The summed E-state index contributed by atoms with van der Waals surface area (Å²) in [6, 6.07) is 12.4. The van der Waals surface area contributed by atoms with Gasteiger partial charge >= 0.3 is 0 Å². The van der Waals surface area contributed by atoms with E-state index in [2.05, 4.69) is 4.98 Å². The zero-order chi connectivity index (χ0) is 20.8. The monoisotopic (exact) mass is 395 g/mol. The van der Waals surface area contributed by atoms with Crippen molar-refractivity contribution in [3.8, 4) is 0 Å². The summed E-state index contributed by atoms with van der Waals surface area (Å²) in [6.07, 6.45) is 5.57. The van der Waals surface area contributed by atoms with Crippen LogP contribution in [0.3, 0.4) is 0 Å². The van der Waals surface area contributed by atoms with Crippen LogP contribution in [0.2, 0.25) is 0 Å². The fraction of sp³-hybridized carbons (Fsp3) is 0.136. The van der Waals surface area contributed by atoms with Gasteiger partial charge in [0, 0.05) is 30.9 Å². The van der Waals surface area contributed by atoms with Crippen LogP contribution in [0.5, 0.6) is 0 Å². The number of aromatic nitrogens is 2. The Morgan fingerprint density at radius 3 is 2.14 bits per heavy atom. The molecule has 1 aromatic heterocycles. The van der Waals surface area contributed by atoms with Gasteiger partial charge in [-0.3, -0.25) is 4.79 Å². The second kappa shape index (κ2) is 9.05. The number of hydrogen-bond acceptors (Lipinski definition) is 4. The van der Waals surface area contributed by atoms with Gasteiger partial charge in [0.25, 0.3) is 0 Å². The number of allylic oxidation sites excluding steroid dienone is 1. The van der Waals surface area contributed by atoms with E-state index in [1.54, 1.807) is 41.2 Å². The van der Waals surface area contributed by atoms with Crippen LogP contribution in [0.1, 0.15) is 29.3 Å². The lowest BCUT2D eigenvalue weighted by atomic mass is 9.88. The lowest BCUT2D eigenvalue weighted by Gasteiger charge is -2.19. The van der Waals surface area contributed by atoms with Gasteiger partial charge < -0.3 is 15.1 Å². The van der Waals surface area contributed by atoms with Crippen LogP contribution in [-0.4, -0.2) is 26.7 Å². The van der Waals surface area contributed by atoms with E-state index in [0.29, 0.717) is 25.0 Å². The van der Waals surface area contributed by atoms with Crippen molar-refractivity contribution >= 4 is 18.1 Å². The number of nitrogens with zero attached hydrogens (tertiary/aromatic N) is 2. The number of halogens is 2. The summed E-state index contributed by atoms with van der Waals surface area (Å²) in [6.45, 7) is 0.483. The first kappa shape index (κ1) is 20.1. The molecule has 3 rings (SSSR count). The van der Waals surface area contributed by atoms with E-state index in [9.17, 15) is 18.7 Å². The van der Waals surface area contributed by atoms with Crippen molar-refractivity contribution in [2.24, 2.45) is 0 Å². The van der Waals surface area contributed by atoms with Gasteiger partial charge in [0.05, 0.1) is 6.21 Å². The molecule has 0 radical (unpaired) electrons. The van der Waals surface area contributed by atoms with Crippen LogP contribution in [0.15, 0.2) is 66.7 Å². The molecule has 1 heterocycles. The number of aliphatic hydroxyl groups excluding tert-OH is 1. The minimum absolute atomic E-state index is 0.118. The second-order valence-corrected chi connectivity index (χ2v) is 6.46. The Bertz CT molecular complexity index is 979. The Morgan fingerprint density at radius 2 is 1.62 bits per heavy atom. The normalized spacial score (nSPS) is 11.6. The van der Waals surface area contributed by atoms with E-state index in [-0.39, 0.29) is 17.6 Å². The topological polar surface area (TPSA) is 79.0 Å². The molecule has 2 aromatic carbocycles. The molecule has 0 unspecified atom stereocenters. The minimum Gasteiger partial charge on any atom is -0.504 e. The first-order valence-electron chi connectivity index (χ1n) is 8.95. The standard InChI is InChI=1S/C22H19F2N3O2/c23-17-5-1-15(2-6-17)19(16-3-7-18(24)8-4-16)9-11-27-12-10-26-22(27)13-20(28)21(29)14-25/h1-8,10,12-14,19,25,28H,9,11H2/b20-13-,25-14?. The number of rotatable bonds is 8. The lowest BCUT2D eigenvalue weighted by Crippen LogP contribution is -2.09. The molecule has 0 aliphatic carbocycles. The largest absolute Gasteiger partial charge is 0.504 e. The molecule has 7 heteroatoms. The Kier molecular flexibility index (Phi) is 6.29. The molecule has 0 saturated heterocycles. The van der Waals surface area contributed by atoms with Crippen LogP contribution < -0.4 is 0 Å². The summed E-state index contributed by atoms with van der Waals surface area (Å²) >= 11 is 0. The number of aryl methyl sites for hydroxylation is 1. The molecule has 29 heavy (non-hydrogen) atoms. The average Bonchev–Trinajstić information content (AvgIpc) is 3.16. The van der Waals surface area contributed by atoms with Crippen molar-refractivity contribution in [2.75, 3.05) is 0 Å². The highest BCUT2D eigenvalue weighted by Crippen LogP contribution is 2.29. The van der Waals surface area contributed by atoms with Gasteiger partial charge in [0.1, 0.15) is 17.5 Å². The Morgan fingerprint density at radius 1 is 1.07 bits per heavy atom. The van der Waals surface area contributed by atoms with Crippen molar-refractivity contribution in [2.45, 2.75) is 18.9 Å². The van der Waals surface area contributed by atoms with Gasteiger partial charge in [-0.2, -0.15) is 0 Å². The summed E-state index contributed by atoms with van der Waals surface area (Å²) in [5, 5.41) is 16.7. The van der Waals surface area contributed by atoms with E-state index < -0.39 is 11.5 Å². The van der Waals surface area contributed by atoms with Crippen LogP contribution in [0.4, 0.5) is 8.78 Å². The SMILES string of the molecule is N=CC(=O)/C(O)=C/c1nccn1CCC(c1ccc(F)cc1)c1ccc(F)cc1. The number of aliphatic hydroxyl groups is 1. The number of ketones is 1. The zero-order valence-electron chi connectivity index (χ0n) is 15.4. The lowest BCUT2D eigenvalue weighted by molar-refractivity contribution is -0.111. The van der Waals surface area contributed by atoms with Gasteiger partial charge in [-0.05, 0) is 41.8 Å². The summed E-state index contributed by atoms with van der Waals surface area (Å²) in [5.74, 6) is -1.79. The summed E-state index contributed by atoms with van der Waals surface area (Å²) in [5.41, 5.74) is 1.77. The fourth-order valence-corrected chi connectivity index (χ4v) is 3.10. The number of carbonyl (C=O) groups excluding carboxylic acids is 1. The summed E-state index contributed by atoms with van der Waals surface area (Å²) in [7, 11) is 0. The first-order valence-corrected chi connectivity index (χ1v) is 8.95. The molecule has 2 N–H and O–H groups in total. The van der Waals surface area contributed by atoms with Crippen LogP contribution >= 0.6 is 0 Å². The highest BCUT2D eigenvalue weighted by atomic mass is 19.1. The third-order valence-corrected chi connectivity index (χ3v) is 4.60. The Labute approximate surface area is 166 Å². The van der Waals surface area contributed by atoms with E-state index >= 15 is 0 Å². The minimum atomic E-state index is -0.810. The van der Waals surface area contributed by atoms with Crippen molar-refractivity contribution in [1.29, 1.82) is 5.41 Å². The van der Waals surface area contributed by atoms with Crippen LogP contribution in [0.25, 0.3) is 6.08 Å². The zero-order valence-corrected chi connectivity index (χ0v) is 15.4. The number of carbonyl (C=O) groups is 1. The number of nitrogens with one attached hydrogen (secondary N) is 1. The highest BCUT2D eigenvalue weighted by Gasteiger charge is 2.16. The van der Waals surface area contributed by atoms with E-state index in [1.807, 2.05) is 0 Å². The van der Waals surface area contributed by atoms with Crippen molar-refractivity contribution in [1.82, 2.24) is 9.55 Å². The van der Waals surface area contributed by atoms with Crippen molar-refractivity contribution in [3.05, 3.63) is 95.3 Å². The molecule has 0 spiro atoms. The molecule has 5 nitrogen and oxygen atoms in total. The molecule has 0 amide bonds. The number of Topliss-reactive ketones (excluding diaryl/α,β-unsaturated/α-hetero) is 1. The van der Waals surface area contributed by atoms with Crippen LogP contribution in [-0.2, 0) is 11.3 Å². The summed E-state index contributed by atoms with van der Waals surface area (Å²) < 4.78 is 28.5. The molecular weight excluding hydrogens is 376 g/mol. The molecule has 0 aliphatic rings. The van der Waals surface area contributed by atoms with Crippen molar-refractivity contribution in [3.63, 3.8) is 0 Å². The van der Waals surface area contributed by atoms with Gasteiger partial charge in [0.2, 0.25) is 5.78 Å². The predicted octanol–water partition coefficient (Wildman–Crippen LogP) is 4.50. The quantitative estimate of drug-likeness (QED) is 0.335. The maximum Gasteiger partial charge on any atom is 0.237 e. The highest BCUT2D eigenvalue weighted by molar-refractivity contribution is 6.34. The molecular formula is C22H19F2N3O2. The average molecular weight is 395 g/mol. The molecule has 0 aliphatic heterocycles. The predicted molar refractivity (Wildman–Crippen MR) is 106 cm³/mol. The smallest absolute Gasteiger partial charge is 0.237 e. The molecule has 148 valence electrons. The maximum atomic E-state index is 13.3. The van der Waals surface area contributed by atoms with Gasteiger partial charge in [-0.15, -0.1) is 0 Å². The fourth-order valence-electron chi connectivity index (χ4n) is 3.10. The number of imidazole rings is 1. The molecule has 0 atom stereocenters. The van der Waals surface area contributed by atoms with E-state index in [0.717, 1.165) is 11.1 Å². The molecule has 0 bridgehead atoms. The van der Waals surface area contributed by atoms with E-state index in [1.165, 1.54) is 30.3 Å². The van der Waals surface area contributed by atoms with Crippen molar-refractivity contribution < 1.29 is 18.7 Å². The summed E-state index contributed by atoms with van der Waals surface area (Å²) in [4.78, 5) is 15.5. The maximum absolute atomic E-state index is 13.3. The second-order valence-electron chi connectivity index (χ2n) is 6.46. The first-order chi connectivity index (χ1) is 14.0. The molecule has 0 fully saturated rings. The van der Waals surface area contributed by atoms with Gasteiger partial charge in [-0.25, -0.2) is 13.8 Å². The third-order valence-electron chi connectivity index (χ3n) is 4.60. The molecule has 3 aromatic rings. The third kappa shape index (κ3) is 5.01. The van der Waals surface area contributed by atoms with E-state index in [4.69, 9.17) is 5.41 Å².